The van der Waals surface area contributed by atoms with Gasteiger partial charge in [0.25, 0.3) is 0 Å². The largest absolute Gasteiger partial charge is 0.384 e. The van der Waals surface area contributed by atoms with Crippen molar-refractivity contribution in [1.82, 2.24) is 10.6 Å². The predicted octanol–water partition coefficient (Wildman–Crippen LogP) is 10.5. The van der Waals surface area contributed by atoms with Crippen molar-refractivity contribution in [3.8, 4) is 0 Å². The van der Waals surface area contributed by atoms with Crippen LogP contribution in [0.5, 0.6) is 0 Å². The van der Waals surface area contributed by atoms with Crippen LogP contribution in [0.2, 0.25) is 0 Å². The molecule has 0 fully saturated rings. The van der Waals surface area contributed by atoms with Crippen LogP contribution in [0.15, 0.2) is 168 Å². The standard InChI is InChI=1S/C46H45N3/c47-43(30-45(35-16-5-2-6-17-35)48-31-32-13-3-1-4-14-32)34-23-26-37(27-24-34)49-44-22-12-11-21-40(44)42-29-36-18-8-9-19-38(36)41-28-25-33-15-7-10-20-39(33)46(41)42/h1-5,7-10,12-13,15-16,18-20,22-23,25-30,32,34,43,48-49H,6,11,14,17,21,24,31,47H2/b45-30-. The van der Waals surface area contributed by atoms with E-state index in [1.54, 1.807) is 0 Å². The molecule has 244 valence electrons. The van der Waals surface area contributed by atoms with Gasteiger partial charge in [0.15, 0.2) is 0 Å². The minimum atomic E-state index is -0.0771. The van der Waals surface area contributed by atoms with E-state index in [0.29, 0.717) is 5.92 Å². The lowest BCUT2D eigenvalue weighted by Gasteiger charge is -2.26. The molecule has 0 saturated carbocycles. The van der Waals surface area contributed by atoms with E-state index < -0.39 is 0 Å². The number of allylic oxidation sites excluding steroid dienone is 12. The van der Waals surface area contributed by atoms with Crippen molar-refractivity contribution in [2.45, 2.75) is 44.6 Å². The molecule has 4 aliphatic carbocycles. The molecule has 0 heterocycles. The van der Waals surface area contributed by atoms with Crippen LogP contribution in [0.1, 0.15) is 44.1 Å². The Morgan fingerprint density at radius 2 is 1.65 bits per heavy atom. The number of rotatable bonds is 9. The van der Waals surface area contributed by atoms with Crippen LogP contribution < -0.4 is 16.4 Å². The van der Waals surface area contributed by atoms with Gasteiger partial charge in [0.05, 0.1) is 0 Å². The average Bonchev–Trinajstić information content (AvgIpc) is 3.17. The Bertz CT molecular complexity index is 2180. The summed E-state index contributed by atoms with van der Waals surface area (Å²) in [5.41, 5.74) is 14.5. The predicted molar refractivity (Wildman–Crippen MR) is 210 cm³/mol. The molecule has 3 nitrogen and oxygen atoms in total. The maximum Gasteiger partial charge on any atom is 0.0419 e. The van der Waals surface area contributed by atoms with Crippen LogP contribution in [0.3, 0.4) is 0 Å². The van der Waals surface area contributed by atoms with Gasteiger partial charge in [-0.2, -0.15) is 0 Å². The summed E-state index contributed by atoms with van der Waals surface area (Å²) in [5.74, 6) is 0.751. The monoisotopic (exact) mass is 639 g/mol. The molecular formula is C46H45N3. The van der Waals surface area contributed by atoms with E-state index in [1.807, 2.05) is 0 Å². The van der Waals surface area contributed by atoms with Crippen LogP contribution in [0.25, 0.3) is 37.9 Å². The molecule has 4 aromatic carbocycles. The van der Waals surface area contributed by atoms with E-state index in [9.17, 15) is 0 Å². The minimum absolute atomic E-state index is 0.0771. The number of nitrogens with two attached hydrogens (primary N) is 1. The van der Waals surface area contributed by atoms with Crippen molar-refractivity contribution in [3.05, 3.63) is 174 Å². The Labute approximate surface area is 290 Å². The fourth-order valence-corrected chi connectivity index (χ4v) is 7.80. The van der Waals surface area contributed by atoms with E-state index in [4.69, 9.17) is 5.73 Å². The molecule has 0 amide bonds. The van der Waals surface area contributed by atoms with Crippen LogP contribution in [-0.4, -0.2) is 12.6 Å². The highest BCUT2D eigenvalue weighted by atomic mass is 14.9. The topological polar surface area (TPSA) is 50.1 Å². The summed E-state index contributed by atoms with van der Waals surface area (Å²) in [7, 11) is 0. The van der Waals surface area contributed by atoms with Gasteiger partial charge in [0, 0.05) is 29.7 Å². The lowest BCUT2D eigenvalue weighted by atomic mass is 9.86. The molecule has 3 unspecified atom stereocenters. The summed E-state index contributed by atoms with van der Waals surface area (Å²) in [5, 5.41) is 15.5. The normalized spacial score (nSPS) is 21.4. The molecule has 4 aliphatic rings. The molecule has 3 atom stereocenters. The van der Waals surface area contributed by atoms with Crippen molar-refractivity contribution in [2.24, 2.45) is 17.6 Å². The van der Waals surface area contributed by atoms with Gasteiger partial charge in [-0.05, 0) is 124 Å². The molecule has 0 aliphatic heterocycles. The quantitative estimate of drug-likeness (QED) is 0.160. The van der Waals surface area contributed by atoms with E-state index in [0.717, 1.165) is 50.8 Å². The number of nitrogens with one attached hydrogen (secondary N) is 2. The van der Waals surface area contributed by atoms with Crippen molar-refractivity contribution in [3.63, 3.8) is 0 Å². The third-order valence-corrected chi connectivity index (χ3v) is 10.5. The maximum atomic E-state index is 6.93. The zero-order valence-electron chi connectivity index (χ0n) is 28.1. The van der Waals surface area contributed by atoms with Gasteiger partial charge in [-0.15, -0.1) is 0 Å². The fraction of sp³-hybridized carbons (Fsp3) is 0.217. The van der Waals surface area contributed by atoms with E-state index in [-0.39, 0.29) is 12.0 Å². The van der Waals surface area contributed by atoms with Gasteiger partial charge in [-0.1, -0.05) is 121 Å². The SMILES string of the molecule is NC(/C=C(\NCC1C=CC=CC1)C1=CC=CCC1)C1C=CC(NC2=C(c3cc4ccccc4c4ccc5ccccc5c34)CCC=C2)=CC1. The molecular weight excluding hydrogens is 595 g/mol. The van der Waals surface area contributed by atoms with Crippen molar-refractivity contribution in [1.29, 1.82) is 0 Å². The van der Waals surface area contributed by atoms with Crippen LogP contribution in [-0.2, 0) is 0 Å². The van der Waals surface area contributed by atoms with Gasteiger partial charge in [0.2, 0.25) is 0 Å². The number of hydrogen-bond donors (Lipinski definition) is 3. The molecule has 3 heteroatoms. The minimum Gasteiger partial charge on any atom is -0.384 e. The Morgan fingerprint density at radius 1 is 0.796 bits per heavy atom. The second-order valence-electron chi connectivity index (χ2n) is 13.7. The first kappa shape index (κ1) is 31.2. The smallest absolute Gasteiger partial charge is 0.0419 e. The molecule has 4 aromatic rings. The number of hydrogen-bond acceptors (Lipinski definition) is 3. The Kier molecular flexibility index (Phi) is 9.01. The van der Waals surface area contributed by atoms with E-state index in [2.05, 4.69) is 156 Å². The molecule has 0 bridgehead atoms. The fourth-order valence-electron chi connectivity index (χ4n) is 7.80. The van der Waals surface area contributed by atoms with Gasteiger partial charge in [-0.3, -0.25) is 0 Å². The summed E-state index contributed by atoms with van der Waals surface area (Å²) in [6, 6.07) is 24.5. The van der Waals surface area contributed by atoms with Crippen molar-refractivity contribution in [2.75, 3.05) is 6.54 Å². The van der Waals surface area contributed by atoms with Crippen LogP contribution in [0, 0.1) is 11.8 Å². The van der Waals surface area contributed by atoms with E-state index in [1.165, 1.54) is 60.4 Å². The summed E-state index contributed by atoms with van der Waals surface area (Å²) in [6.45, 7) is 0.919. The average molecular weight is 640 g/mol. The van der Waals surface area contributed by atoms with Crippen molar-refractivity contribution < 1.29 is 0 Å². The highest BCUT2D eigenvalue weighted by molar-refractivity contribution is 6.21. The maximum absolute atomic E-state index is 6.93. The van der Waals surface area contributed by atoms with Crippen LogP contribution >= 0.6 is 0 Å². The molecule has 8 rings (SSSR count). The van der Waals surface area contributed by atoms with E-state index >= 15 is 0 Å². The lowest BCUT2D eigenvalue weighted by Crippen LogP contribution is -2.31. The van der Waals surface area contributed by atoms with Gasteiger partial charge in [-0.25, -0.2) is 0 Å². The zero-order chi connectivity index (χ0) is 33.0. The first-order valence-corrected chi connectivity index (χ1v) is 18.0. The van der Waals surface area contributed by atoms with Crippen molar-refractivity contribution >= 4 is 37.9 Å². The second-order valence-corrected chi connectivity index (χ2v) is 13.7. The molecule has 0 saturated heterocycles. The van der Waals surface area contributed by atoms with Gasteiger partial charge in [0.1, 0.15) is 0 Å². The van der Waals surface area contributed by atoms with Gasteiger partial charge >= 0.3 is 0 Å². The Balaban J connectivity index is 1.06. The Hall–Kier alpha value is -5.12. The second kappa shape index (κ2) is 14.2. The third kappa shape index (κ3) is 6.64. The highest BCUT2D eigenvalue weighted by Crippen LogP contribution is 2.40. The summed E-state index contributed by atoms with van der Waals surface area (Å²) in [4.78, 5) is 0. The third-order valence-electron chi connectivity index (χ3n) is 10.5. The first-order chi connectivity index (χ1) is 24.2. The zero-order valence-corrected chi connectivity index (χ0v) is 28.1. The summed E-state index contributed by atoms with van der Waals surface area (Å²) >= 11 is 0. The number of fused-ring (bicyclic) bond motifs is 5. The summed E-state index contributed by atoms with van der Waals surface area (Å²) in [6.07, 6.45) is 35.4. The lowest BCUT2D eigenvalue weighted by molar-refractivity contribution is 0.561. The summed E-state index contributed by atoms with van der Waals surface area (Å²) < 4.78 is 0. The highest BCUT2D eigenvalue weighted by Gasteiger charge is 2.21. The first-order valence-electron chi connectivity index (χ1n) is 18.0. The Morgan fingerprint density at radius 3 is 2.47 bits per heavy atom. The number of benzene rings is 4. The molecule has 4 N–H and O–H groups in total. The van der Waals surface area contributed by atoms with Crippen LogP contribution in [0.4, 0.5) is 0 Å². The molecule has 0 spiro atoms. The molecule has 49 heavy (non-hydrogen) atoms. The molecule has 0 radical (unpaired) electrons. The molecule has 0 aromatic heterocycles. The van der Waals surface area contributed by atoms with Gasteiger partial charge < -0.3 is 16.4 Å².